The average Bonchev–Trinajstić information content (AvgIpc) is 2.59. The van der Waals surface area contributed by atoms with E-state index < -0.39 is 0 Å². The van der Waals surface area contributed by atoms with E-state index in [4.69, 9.17) is 5.26 Å². The molecule has 0 fully saturated rings. The Morgan fingerprint density at radius 1 is 1.25 bits per heavy atom. The minimum absolute atomic E-state index is 0.270. The average molecular weight is 324 g/mol. The van der Waals surface area contributed by atoms with Crippen LogP contribution in [0.5, 0.6) is 0 Å². The van der Waals surface area contributed by atoms with E-state index in [0.29, 0.717) is 23.6 Å². The van der Waals surface area contributed by atoms with Gasteiger partial charge in [0.1, 0.15) is 5.82 Å². The SMILES string of the molecule is CN=C(NCc1cc(C#N)ccc1F)N(C)Cc1ccccc1C. The van der Waals surface area contributed by atoms with Gasteiger partial charge in [0.15, 0.2) is 5.96 Å². The number of hydrogen-bond donors (Lipinski definition) is 1. The summed E-state index contributed by atoms with van der Waals surface area (Å²) < 4.78 is 13.9. The minimum Gasteiger partial charge on any atom is -0.352 e. The molecule has 2 aromatic rings. The standard InChI is InChI=1S/C19H21FN4/c1-14-6-4-5-7-16(14)13-24(3)19(22-2)23-12-17-10-15(11-21)8-9-18(17)20/h4-10H,12-13H2,1-3H3,(H,22,23). The first-order chi connectivity index (χ1) is 11.5. The summed E-state index contributed by atoms with van der Waals surface area (Å²) in [4.78, 5) is 6.23. The van der Waals surface area contributed by atoms with Crippen molar-refractivity contribution in [3.8, 4) is 6.07 Å². The van der Waals surface area contributed by atoms with Gasteiger partial charge in [-0.15, -0.1) is 0 Å². The van der Waals surface area contributed by atoms with E-state index in [-0.39, 0.29) is 12.4 Å². The second-order valence-corrected chi connectivity index (χ2v) is 5.60. The molecule has 0 radical (unpaired) electrons. The van der Waals surface area contributed by atoms with Crippen molar-refractivity contribution in [3.05, 3.63) is 70.5 Å². The summed E-state index contributed by atoms with van der Waals surface area (Å²) in [7, 11) is 3.63. The summed E-state index contributed by atoms with van der Waals surface area (Å²) in [6, 6.07) is 14.5. The lowest BCUT2D eigenvalue weighted by atomic mass is 10.1. The Balaban J connectivity index is 2.05. The number of halogens is 1. The lowest BCUT2D eigenvalue weighted by Crippen LogP contribution is -2.38. The van der Waals surface area contributed by atoms with E-state index in [1.807, 2.05) is 30.1 Å². The van der Waals surface area contributed by atoms with Crippen LogP contribution in [0.4, 0.5) is 4.39 Å². The van der Waals surface area contributed by atoms with Crippen LogP contribution in [0.25, 0.3) is 0 Å². The Morgan fingerprint density at radius 2 is 2.00 bits per heavy atom. The van der Waals surface area contributed by atoms with Crippen molar-refractivity contribution in [1.82, 2.24) is 10.2 Å². The van der Waals surface area contributed by atoms with Crippen molar-refractivity contribution in [2.24, 2.45) is 4.99 Å². The number of aliphatic imine (C=N–C) groups is 1. The normalized spacial score (nSPS) is 11.0. The molecular formula is C19H21FN4. The fourth-order valence-corrected chi connectivity index (χ4v) is 2.46. The van der Waals surface area contributed by atoms with Gasteiger partial charge in [-0.25, -0.2) is 4.39 Å². The third kappa shape index (κ3) is 4.32. The molecule has 0 aliphatic rings. The number of rotatable bonds is 4. The first-order valence-electron chi connectivity index (χ1n) is 7.70. The number of nitrogens with one attached hydrogen (secondary N) is 1. The molecule has 0 unspecified atom stereocenters. The summed E-state index contributed by atoms with van der Waals surface area (Å²) >= 11 is 0. The van der Waals surface area contributed by atoms with Crippen LogP contribution in [0.2, 0.25) is 0 Å². The molecule has 5 heteroatoms. The lowest BCUT2D eigenvalue weighted by Gasteiger charge is -2.23. The maximum absolute atomic E-state index is 13.9. The van der Waals surface area contributed by atoms with Gasteiger partial charge in [0.25, 0.3) is 0 Å². The largest absolute Gasteiger partial charge is 0.352 e. The molecule has 0 saturated carbocycles. The summed E-state index contributed by atoms with van der Waals surface area (Å²) in [6.45, 7) is 3.04. The van der Waals surface area contributed by atoms with Crippen LogP contribution in [0.15, 0.2) is 47.5 Å². The Bertz CT molecular complexity index is 777. The number of hydrogen-bond acceptors (Lipinski definition) is 2. The molecule has 0 aliphatic carbocycles. The molecule has 2 aromatic carbocycles. The lowest BCUT2D eigenvalue weighted by molar-refractivity contribution is 0.474. The molecule has 0 aromatic heterocycles. The van der Waals surface area contributed by atoms with E-state index in [0.717, 1.165) is 0 Å². The molecule has 0 atom stereocenters. The van der Waals surface area contributed by atoms with Gasteiger partial charge in [-0.1, -0.05) is 24.3 Å². The highest BCUT2D eigenvalue weighted by Crippen LogP contribution is 2.11. The van der Waals surface area contributed by atoms with E-state index >= 15 is 0 Å². The number of nitriles is 1. The second-order valence-electron chi connectivity index (χ2n) is 5.60. The fraction of sp³-hybridized carbons (Fsp3) is 0.263. The second kappa shape index (κ2) is 8.11. The van der Waals surface area contributed by atoms with Crippen LogP contribution in [0.3, 0.4) is 0 Å². The summed E-state index contributed by atoms with van der Waals surface area (Å²) in [6.07, 6.45) is 0. The van der Waals surface area contributed by atoms with Gasteiger partial charge < -0.3 is 10.2 Å². The maximum Gasteiger partial charge on any atom is 0.193 e. The van der Waals surface area contributed by atoms with Crippen molar-refractivity contribution in [2.45, 2.75) is 20.0 Å². The predicted octanol–water partition coefficient (Wildman–Crippen LogP) is 3.21. The van der Waals surface area contributed by atoms with E-state index in [1.165, 1.54) is 23.3 Å². The quantitative estimate of drug-likeness (QED) is 0.694. The molecule has 0 spiro atoms. The molecule has 0 bridgehead atoms. The smallest absolute Gasteiger partial charge is 0.193 e. The molecule has 2 rings (SSSR count). The van der Waals surface area contributed by atoms with Gasteiger partial charge in [-0.2, -0.15) is 5.26 Å². The number of benzene rings is 2. The first-order valence-corrected chi connectivity index (χ1v) is 7.70. The highest BCUT2D eigenvalue weighted by Gasteiger charge is 2.10. The summed E-state index contributed by atoms with van der Waals surface area (Å²) in [5.74, 6) is 0.332. The van der Waals surface area contributed by atoms with Crippen molar-refractivity contribution in [2.75, 3.05) is 14.1 Å². The van der Waals surface area contributed by atoms with Crippen LogP contribution >= 0.6 is 0 Å². The Hall–Kier alpha value is -2.87. The third-order valence-corrected chi connectivity index (χ3v) is 3.85. The van der Waals surface area contributed by atoms with Crippen LogP contribution < -0.4 is 5.32 Å². The van der Waals surface area contributed by atoms with E-state index in [2.05, 4.69) is 29.4 Å². The van der Waals surface area contributed by atoms with E-state index in [9.17, 15) is 4.39 Å². The van der Waals surface area contributed by atoms with Gasteiger partial charge in [-0.05, 0) is 36.2 Å². The van der Waals surface area contributed by atoms with Crippen molar-refractivity contribution in [1.29, 1.82) is 5.26 Å². The van der Waals surface area contributed by atoms with Gasteiger partial charge in [0.05, 0.1) is 11.6 Å². The molecule has 24 heavy (non-hydrogen) atoms. The van der Waals surface area contributed by atoms with Crippen molar-refractivity contribution < 1.29 is 4.39 Å². The predicted molar refractivity (Wildman–Crippen MR) is 94.0 cm³/mol. The maximum atomic E-state index is 13.9. The summed E-state index contributed by atoms with van der Waals surface area (Å²) in [5, 5.41) is 12.1. The van der Waals surface area contributed by atoms with Gasteiger partial charge in [0, 0.05) is 32.7 Å². The fourth-order valence-electron chi connectivity index (χ4n) is 2.46. The highest BCUT2D eigenvalue weighted by molar-refractivity contribution is 5.79. The van der Waals surface area contributed by atoms with Crippen LogP contribution in [-0.4, -0.2) is 25.0 Å². The van der Waals surface area contributed by atoms with Gasteiger partial charge in [-0.3, -0.25) is 4.99 Å². The topological polar surface area (TPSA) is 51.4 Å². The first kappa shape index (κ1) is 17.5. The molecule has 0 amide bonds. The zero-order chi connectivity index (χ0) is 17.5. The number of aryl methyl sites for hydroxylation is 1. The monoisotopic (exact) mass is 324 g/mol. The molecule has 0 saturated heterocycles. The third-order valence-electron chi connectivity index (χ3n) is 3.85. The molecular weight excluding hydrogens is 303 g/mol. The van der Waals surface area contributed by atoms with Gasteiger partial charge >= 0.3 is 0 Å². The number of guanidine groups is 1. The zero-order valence-electron chi connectivity index (χ0n) is 14.2. The molecule has 1 N–H and O–H groups in total. The Kier molecular flexibility index (Phi) is 5.91. The Labute approximate surface area is 142 Å². The molecule has 4 nitrogen and oxygen atoms in total. The van der Waals surface area contributed by atoms with Crippen molar-refractivity contribution in [3.63, 3.8) is 0 Å². The molecule has 124 valence electrons. The van der Waals surface area contributed by atoms with Crippen LogP contribution in [0, 0.1) is 24.1 Å². The summed E-state index contributed by atoms with van der Waals surface area (Å²) in [5.41, 5.74) is 3.31. The highest BCUT2D eigenvalue weighted by atomic mass is 19.1. The number of nitrogens with zero attached hydrogens (tertiary/aromatic N) is 3. The van der Waals surface area contributed by atoms with Crippen LogP contribution in [-0.2, 0) is 13.1 Å². The minimum atomic E-state index is -0.335. The Morgan fingerprint density at radius 3 is 2.67 bits per heavy atom. The van der Waals surface area contributed by atoms with Crippen molar-refractivity contribution >= 4 is 5.96 Å². The zero-order valence-corrected chi connectivity index (χ0v) is 14.2. The molecule has 0 heterocycles. The van der Waals surface area contributed by atoms with Crippen LogP contribution in [0.1, 0.15) is 22.3 Å². The molecule has 0 aliphatic heterocycles. The van der Waals surface area contributed by atoms with Gasteiger partial charge in [0.2, 0.25) is 0 Å². The van der Waals surface area contributed by atoms with E-state index in [1.54, 1.807) is 13.1 Å².